The van der Waals surface area contributed by atoms with Crippen LogP contribution in [0.2, 0.25) is 0 Å². The molecule has 3 heterocycles. The Labute approximate surface area is 154 Å². The van der Waals surface area contributed by atoms with Gasteiger partial charge < -0.3 is 0 Å². The van der Waals surface area contributed by atoms with Gasteiger partial charge in [0.2, 0.25) is 5.16 Å². The van der Waals surface area contributed by atoms with E-state index < -0.39 is 0 Å². The molecule has 0 aliphatic rings. The van der Waals surface area contributed by atoms with Crippen LogP contribution in [0.3, 0.4) is 0 Å². The zero-order valence-electron chi connectivity index (χ0n) is 14.6. The Balaban J connectivity index is 1.38. The summed E-state index contributed by atoms with van der Waals surface area (Å²) in [5.41, 5.74) is 2.96. The van der Waals surface area contributed by atoms with Gasteiger partial charge in [0, 0.05) is 23.6 Å². The number of nitrogens with zero attached hydrogens (tertiary/aromatic N) is 8. The zero-order chi connectivity index (χ0) is 17.9. The lowest BCUT2D eigenvalue weighted by atomic mass is 10.3. The standard InChI is InChI=1S/C17H18N8S/c1-12-11-13(2)24-16(18-12)19-17(21-24)26-10-6-9-15-20-22-23-25(15)14-7-4-3-5-8-14/h3-5,7-8,11H,6,9-10H2,1-2H3. The Hall–Kier alpha value is -2.81. The van der Waals surface area contributed by atoms with Crippen molar-refractivity contribution in [3.8, 4) is 5.69 Å². The second-order valence-electron chi connectivity index (χ2n) is 5.94. The van der Waals surface area contributed by atoms with Gasteiger partial charge in [0.1, 0.15) is 0 Å². The average molecular weight is 366 g/mol. The van der Waals surface area contributed by atoms with Crippen LogP contribution in [0, 0.1) is 13.8 Å². The number of tetrazole rings is 1. The van der Waals surface area contributed by atoms with Crippen LogP contribution in [0.5, 0.6) is 0 Å². The van der Waals surface area contributed by atoms with Gasteiger partial charge in [-0.3, -0.25) is 0 Å². The maximum Gasteiger partial charge on any atom is 0.253 e. The topological polar surface area (TPSA) is 86.7 Å². The van der Waals surface area contributed by atoms with Gasteiger partial charge in [-0.15, -0.1) is 10.2 Å². The SMILES string of the molecule is Cc1cc(C)n2nc(SCCCc3nnnn3-c3ccccc3)nc2n1. The van der Waals surface area contributed by atoms with Crippen molar-refractivity contribution in [2.24, 2.45) is 0 Å². The summed E-state index contributed by atoms with van der Waals surface area (Å²) in [5, 5.41) is 17.3. The largest absolute Gasteiger partial charge is 0.253 e. The fraction of sp³-hybridized carbons (Fsp3) is 0.294. The van der Waals surface area contributed by atoms with E-state index >= 15 is 0 Å². The first kappa shape index (κ1) is 16.6. The first-order valence-electron chi connectivity index (χ1n) is 8.37. The molecule has 0 radical (unpaired) electrons. The van der Waals surface area contributed by atoms with E-state index in [1.807, 2.05) is 50.2 Å². The number of thioether (sulfide) groups is 1. The third-order valence-corrected chi connectivity index (χ3v) is 4.83. The van der Waals surface area contributed by atoms with E-state index in [0.717, 1.165) is 46.7 Å². The van der Waals surface area contributed by atoms with Crippen molar-refractivity contribution in [1.82, 2.24) is 39.8 Å². The number of hydrogen-bond acceptors (Lipinski definition) is 7. The predicted octanol–water partition coefficient (Wildman–Crippen LogP) is 2.44. The molecule has 0 fully saturated rings. The van der Waals surface area contributed by atoms with Crippen LogP contribution in [-0.2, 0) is 6.42 Å². The molecule has 3 aromatic heterocycles. The minimum Gasteiger partial charge on any atom is -0.216 e. The smallest absolute Gasteiger partial charge is 0.216 e. The van der Waals surface area contributed by atoms with Gasteiger partial charge in [0.05, 0.1) is 5.69 Å². The van der Waals surface area contributed by atoms with Gasteiger partial charge in [0.25, 0.3) is 5.78 Å². The minimum absolute atomic E-state index is 0.651. The summed E-state index contributed by atoms with van der Waals surface area (Å²) < 4.78 is 3.56. The van der Waals surface area contributed by atoms with E-state index in [0.29, 0.717) is 5.78 Å². The molecule has 0 amide bonds. The third kappa shape index (κ3) is 3.43. The summed E-state index contributed by atoms with van der Waals surface area (Å²) in [5.74, 6) is 2.39. The summed E-state index contributed by atoms with van der Waals surface area (Å²) in [6, 6.07) is 11.9. The van der Waals surface area contributed by atoms with Crippen LogP contribution in [0.15, 0.2) is 41.6 Å². The molecule has 4 rings (SSSR count). The Kier molecular flexibility index (Phi) is 4.61. The molecule has 0 saturated heterocycles. The van der Waals surface area contributed by atoms with Gasteiger partial charge in [-0.25, -0.2) is 9.50 Å². The minimum atomic E-state index is 0.651. The van der Waals surface area contributed by atoms with E-state index in [2.05, 4.69) is 30.6 Å². The van der Waals surface area contributed by atoms with Crippen LogP contribution in [0.4, 0.5) is 0 Å². The molecule has 9 heteroatoms. The average Bonchev–Trinajstić information content (AvgIpc) is 3.26. The zero-order valence-corrected chi connectivity index (χ0v) is 15.4. The Morgan fingerprint density at radius 1 is 1.08 bits per heavy atom. The Morgan fingerprint density at radius 2 is 1.92 bits per heavy atom. The highest BCUT2D eigenvalue weighted by molar-refractivity contribution is 7.99. The van der Waals surface area contributed by atoms with Crippen LogP contribution in [-0.4, -0.2) is 45.5 Å². The molecule has 8 nitrogen and oxygen atoms in total. The van der Waals surface area contributed by atoms with Crippen LogP contribution in [0.25, 0.3) is 11.5 Å². The van der Waals surface area contributed by atoms with Crippen LogP contribution in [0.1, 0.15) is 23.6 Å². The molecule has 26 heavy (non-hydrogen) atoms. The highest BCUT2D eigenvalue weighted by atomic mass is 32.2. The maximum absolute atomic E-state index is 4.51. The van der Waals surface area contributed by atoms with Crippen molar-refractivity contribution < 1.29 is 0 Å². The highest BCUT2D eigenvalue weighted by Crippen LogP contribution is 2.17. The van der Waals surface area contributed by atoms with Crippen LogP contribution >= 0.6 is 11.8 Å². The Bertz CT molecular complexity index is 1020. The summed E-state index contributed by atoms with van der Waals surface area (Å²) in [6.45, 7) is 3.97. The number of aromatic nitrogens is 8. The highest BCUT2D eigenvalue weighted by Gasteiger charge is 2.10. The molecule has 0 atom stereocenters. The van der Waals surface area contributed by atoms with Crippen molar-refractivity contribution in [3.05, 3.63) is 53.6 Å². The van der Waals surface area contributed by atoms with E-state index in [1.165, 1.54) is 0 Å². The molecule has 0 spiro atoms. The normalized spacial score (nSPS) is 11.3. The summed E-state index contributed by atoms with van der Waals surface area (Å²) in [7, 11) is 0. The third-order valence-electron chi connectivity index (χ3n) is 3.91. The summed E-state index contributed by atoms with van der Waals surface area (Å²) >= 11 is 1.62. The summed E-state index contributed by atoms with van der Waals surface area (Å²) in [4.78, 5) is 8.91. The molecule has 132 valence electrons. The van der Waals surface area contributed by atoms with Crippen molar-refractivity contribution in [2.45, 2.75) is 31.8 Å². The number of para-hydroxylation sites is 1. The van der Waals surface area contributed by atoms with Gasteiger partial charge in [-0.1, -0.05) is 30.0 Å². The molecule has 4 aromatic rings. The first-order chi connectivity index (χ1) is 12.7. The molecule has 0 bridgehead atoms. The second kappa shape index (κ2) is 7.20. The number of aryl methyl sites for hydroxylation is 3. The van der Waals surface area contributed by atoms with E-state index in [4.69, 9.17) is 0 Å². The Morgan fingerprint density at radius 3 is 2.77 bits per heavy atom. The maximum atomic E-state index is 4.51. The summed E-state index contributed by atoms with van der Waals surface area (Å²) in [6.07, 6.45) is 1.72. The van der Waals surface area contributed by atoms with E-state index in [1.54, 1.807) is 21.0 Å². The van der Waals surface area contributed by atoms with Crippen molar-refractivity contribution >= 4 is 17.5 Å². The second-order valence-corrected chi connectivity index (χ2v) is 7.00. The van der Waals surface area contributed by atoms with Crippen molar-refractivity contribution in [2.75, 3.05) is 5.75 Å². The van der Waals surface area contributed by atoms with E-state index in [-0.39, 0.29) is 0 Å². The van der Waals surface area contributed by atoms with Gasteiger partial charge in [-0.2, -0.15) is 9.67 Å². The van der Waals surface area contributed by atoms with Crippen LogP contribution < -0.4 is 0 Å². The molecule has 1 aromatic carbocycles. The van der Waals surface area contributed by atoms with Crippen molar-refractivity contribution in [3.63, 3.8) is 0 Å². The molecular formula is C17H18N8S. The molecular weight excluding hydrogens is 348 g/mol. The fourth-order valence-corrected chi connectivity index (χ4v) is 3.49. The number of hydrogen-bond donors (Lipinski definition) is 0. The van der Waals surface area contributed by atoms with Gasteiger partial charge >= 0.3 is 0 Å². The van der Waals surface area contributed by atoms with Gasteiger partial charge in [-0.05, 0) is 48.9 Å². The number of rotatable bonds is 6. The molecule has 0 unspecified atom stereocenters. The monoisotopic (exact) mass is 366 g/mol. The lowest BCUT2D eigenvalue weighted by Gasteiger charge is -2.03. The molecule has 0 aliphatic heterocycles. The molecule has 0 N–H and O–H groups in total. The van der Waals surface area contributed by atoms with E-state index in [9.17, 15) is 0 Å². The molecule has 0 aliphatic carbocycles. The molecule has 0 saturated carbocycles. The first-order valence-corrected chi connectivity index (χ1v) is 9.36. The quantitative estimate of drug-likeness (QED) is 0.382. The van der Waals surface area contributed by atoms with Crippen molar-refractivity contribution in [1.29, 1.82) is 0 Å². The number of benzene rings is 1. The predicted molar refractivity (Wildman–Crippen MR) is 98.5 cm³/mol. The lowest BCUT2D eigenvalue weighted by Crippen LogP contribution is -2.03. The van der Waals surface area contributed by atoms with Gasteiger partial charge in [0.15, 0.2) is 5.82 Å². The number of fused-ring (bicyclic) bond motifs is 1. The lowest BCUT2D eigenvalue weighted by molar-refractivity contribution is 0.747. The fourth-order valence-electron chi connectivity index (χ4n) is 2.73.